The van der Waals surface area contributed by atoms with E-state index in [2.05, 4.69) is 0 Å². The Kier molecular flexibility index (Phi) is 4.31. The number of benzene rings is 1. The summed E-state index contributed by atoms with van der Waals surface area (Å²) in [6, 6.07) is 8.00. The smallest absolute Gasteiger partial charge is 0.0950 e. The molecular weight excluding hydrogens is 188 g/mol. The zero-order chi connectivity index (χ0) is 11.3. The molecule has 3 nitrogen and oxygen atoms in total. The molecule has 0 saturated heterocycles. The van der Waals surface area contributed by atoms with Crippen molar-refractivity contribution in [1.82, 2.24) is 0 Å². The third kappa shape index (κ3) is 4.61. The van der Waals surface area contributed by atoms with Crippen LogP contribution in [-0.2, 0) is 17.8 Å². The van der Waals surface area contributed by atoms with Crippen molar-refractivity contribution in [3.05, 3.63) is 35.4 Å². The topological polar surface area (TPSA) is 59.1 Å². The lowest BCUT2D eigenvalue weighted by molar-refractivity contribution is 0.0657. The molecule has 1 aromatic rings. The molecule has 0 aliphatic rings. The number of nitrogens with one attached hydrogen (secondary N) is 1. The first-order valence-corrected chi connectivity index (χ1v) is 5.10. The van der Waals surface area contributed by atoms with Gasteiger partial charge in [0, 0.05) is 6.42 Å². The van der Waals surface area contributed by atoms with Crippen molar-refractivity contribution in [1.29, 1.82) is 5.41 Å². The van der Waals surface area contributed by atoms with Gasteiger partial charge in [-0.2, -0.15) is 0 Å². The minimum Gasteiger partial charge on any atom is -0.387 e. The summed E-state index contributed by atoms with van der Waals surface area (Å²) in [5.41, 5.74) is 7.53. The zero-order valence-corrected chi connectivity index (χ0v) is 9.29. The van der Waals surface area contributed by atoms with E-state index in [1.165, 1.54) is 0 Å². The van der Waals surface area contributed by atoms with Gasteiger partial charge < -0.3 is 10.5 Å². The molecule has 82 valence electrons. The Morgan fingerprint density at radius 3 is 2.27 bits per heavy atom. The zero-order valence-electron chi connectivity index (χ0n) is 9.29. The van der Waals surface area contributed by atoms with Crippen LogP contribution < -0.4 is 5.73 Å². The molecular formula is C12H18N2O. The number of hydrogen-bond acceptors (Lipinski definition) is 2. The van der Waals surface area contributed by atoms with Crippen LogP contribution in [0, 0.1) is 5.41 Å². The second kappa shape index (κ2) is 5.51. The molecule has 0 aliphatic heterocycles. The van der Waals surface area contributed by atoms with Crippen LogP contribution in [0.15, 0.2) is 24.3 Å². The molecule has 3 heteroatoms. The SMILES string of the molecule is CC(C)OCc1ccc(CC(=N)N)cc1. The molecule has 0 unspecified atom stereocenters. The highest BCUT2D eigenvalue weighted by Crippen LogP contribution is 2.07. The maximum Gasteiger partial charge on any atom is 0.0950 e. The van der Waals surface area contributed by atoms with Crippen LogP contribution in [0.3, 0.4) is 0 Å². The third-order valence-electron chi connectivity index (χ3n) is 2.00. The van der Waals surface area contributed by atoms with E-state index in [9.17, 15) is 0 Å². The highest BCUT2D eigenvalue weighted by atomic mass is 16.5. The summed E-state index contributed by atoms with van der Waals surface area (Å²) in [5, 5.41) is 7.18. The van der Waals surface area contributed by atoms with Gasteiger partial charge in [-0.15, -0.1) is 0 Å². The van der Waals surface area contributed by atoms with E-state index in [4.69, 9.17) is 15.9 Å². The Balaban J connectivity index is 2.52. The molecule has 15 heavy (non-hydrogen) atoms. The third-order valence-corrected chi connectivity index (χ3v) is 2.00. The molecule has 0 bridgehead atoms. The van der Waals surface area contributed by atoms with E-state index < -0.39 is 0 Å². The minimum atomic E-state index is 0.196. The van der Waals surface area contributed by atoms with Crippen LogP contribution >= 0.6 is 0 Å². The van der Waals surface area contributed by atoms with Gasteiger partial charge in [0.1, 0.15) is 0 Å². The first-order valence-electron chi connectivity index (χ1n) is 5.10. The number of ether oxygens (including phenoxy) is 1. The van der Waals surface area contributed by atoms with Gasteiger partial charge in [-0.1, -0.05) is 24.3 Å². The van der Waals surface area contributed by atoms with E-state index in [1.807, 2.05) is 38.1 Å². The average molecular weight is 206 g/mol. The van der Waals surface area contributed by atoms with Gasteiger partial charge in [-0.3, -0.25) is 5.41 Å². The Morgan fingerprint density at radius 1 is 1.27 bits per heavy atom. The van der Waals surface area contributed by atoms with E-state index in [1.54, 1.807) is 0 Å². The Bertz CT molecular complexity index is 317. The highest BCUT2D eigenvalue weighted by Gasteiger charge is 1.98. The van der Waals surface area contributed by atoms with E-state index >= 15 is 0 Å². The van der Waals surface area contributed by atoms with Crippen LogP contribution in [0.25, 0.3) is 0 Å². The van der Waals surface area contributed by atoms with E-state index in [-0.39, 0.29) is 11.9 Å². The predicted molar refractivity (Wildman–Crippen MR) is 62.0 cm³/mol. The lowest BCUT2D eigenvalue weighted by Crippen LogP contribution is -2.12. The highest BCUT2D eigenvalue weighted by molar-refractivity contribution is 5.79. The van der Waals surface area contributed by atoms with Crippen molar-refractivity contribution in [2.24, 2.45) is 5.73 Å². The van der Waals surface area contributed by atoms with Gasteiger partial charge in [-0.05, 0) is 25.0 Å². The molecule has 0 fully saturated rings. The molecule has 1 aromatic carbocycles. The van der Waals surface area contributed by atoms with Crippen molar-refractivity contribution < 1.29 is 4.74 Å². The maximum atomic E-state index is 7.18. The molecule has 0 spiro atoms. The normalized spacial score (nSPS) is 10.6. The first kappa shape index (κ1) is 11.7. The van der Waals surface area contributed by atoms with Crippen LogP contribution in [0.2, 0.25) is 0 Å². The van der Waals surface area contributed by atoms with Crippen molar-refractivity contribution in [3.8, 4) is 0 Å². The molecule has 0 aliphatic carbocycles. The number of hydrogen-bond donors (Lipinski definition) is 2. The molecule has 0 saturated carbocycles. The lowest BCUT2D eigenvalue weighted by atomic mass is 10.1. The van der Waals surface area contributed by atoms with Crippen LogP contribution in [-0.4, -0.2) is 11.9 Å². The average Bonchev–Trinajstić information content (AvgIpc) is 2.16. The van der Waals surface area contributed by atoms with E-state index in [0.29, 0.717) is 13.0 Å². The van der Waals surface area contributed by atoms with E-state index in [0.717, 1.165) is 11.1 Å². The molecule has 1 rings (SSSR count). The second-order valence-corrected chi connectivity index (χ2v) is 3.88. The Labute approximate surface area is 90.8 Å². The van der Waals surface area contributed by atoms with Gasteiger partial charge in [0.05, 0.1) is 18.5 Å². The summed E-state index contributed by atoms with van der Waals surface area (Å²) < 4.78 is 5.48. The largest absolute Gasteiger partial charge is 0.387 e. The molecule has 0 heterocycles. The summed E-state index contributed by atoms with van der Waals surface area (Å²) in [5.74, 6) is 0.196. The van der Waals surface area contributed by atoms with Gasteiger partial charge in [0.2, 0.25) is 0 Å². The predicted octanol–water partition coefficient (Wildman–Crippen LogP) is 2.09. The Morgan fingerprint density at radius 2 is 1.80 bits per heavy atom. The summed E-state index contributed by atoms with van der Waals surface area (Å²) in [6.07, 6.45) is 0.771. The van der Waals surface area contributed by atoms with Gasteiger partial charge in [-0.25, -0.2) is 0 Å². The number of rotatable bonds is 5. The molecule has 0 radical (unpaired) electrons. The van der Waals surface area contributed by atoms with Gasteiger partial charge in [0.15, 0.2) is 0 Å². The van der Waals surface area contributed by atoms with Gasteiger partial charge >= 0.3 is 0 Å². The van der Waals surface area contributed by atoms with Crippen molar-refractivity contribution in [3.63, 3.8) is 0 Å². The van der Waals surface area contributed by atoms with Crippen molar-refractivity contribution in [2.45, 2.75) is 33.0 Å². The fraction of sp³-hybridized carbons (Fsp3) is 0.417. The van der Waals surface area contributed by atoms with Crippen molar-refractivity contribution in [2.75, 3.05) is 0 Å². The van der Waals surface area contributed by atoms with Crippen molar-refractivity contribution >= 4 is 5.84 Å². The van der Waals surface area contributed by atoms with Gasteiger partial charge in [0.25, 0.3) is 0 Å². The summed E-state index contributed by atoms with van der Waals surface area (Å²) in [6.45, 7) is 4.67. The second-order valence-electron chi connectivity index (χ2n) is 3.88. The van der Waals surface area contributed by atoms with Crippen LogP contribution in [0.4, 0.5) is 0 Å². The molecule has 0 aromatic heterocycles. The standard InChI is InChI=1S/C12H18N2O/c1-9(2)15-8-11-5-3-10(4-6-11)7-12(13)14/h3-6,9H,7-8H2,1-2H3,(H3,13,14). The Hall–Kier alpha value is -1.35. The van der Waals surface area contributed by atoms with Crippen LogP contribution in [0.1, 0.15) is 25.0 Å². The number of nitrogens with two attached hydrogens (primary N) is 1. The minimum absolute atomic E-state index is 0.196. The lowest BCUT2D eigenvalue weighted by Gasteiger charge is -2.08. The molecule has 3 N–H and O–H groups in total. The monoisotopic (exact) mass is 206 g/mol. The fourth-order valence-corrected chi connectivity index (χ4v) is 1.24. The summed E-state index contributed by atoms with van der Waals surface area (Å²) in [7, 11) is 0. The summed E-state index contributed by atoms with van der Waals surface area (Å²) >= 11 is 0. The molecule has 0 atom stereocenters. The first-order chi connectivity index (χ1) is 7.08. The molecule has 0 amide bonds. The fourth-order valence-electron chi connectivity index (χ4n) is 1.24. The summed E-state index contributed by atoms with van der Waals surface area (Å²) in [4.78, 5) is 0. The van der Waals surface area contributed by atoms with Crippen LogP contribution in [0.5, 0.6) is 0 Å². The maximum absolute atomic E-state index is 7.18. The quantitative estimate of drug-likeness (QED) is 0.572. The number of amidine groups is 1.